The summed E-state index contributed by atoms with van der Waals surface area (Å²) in [7, 11) is 0. The van der Waals surface area contributed by atoms with E-state index in [2.05, 4.69) is 20.6 Å². The van der Waals surface area contributed by atoms with E-state index in [-0.39, 0.29) is 11.4 Å². The van der Waals surface area contributed by atoms with Gasteiger partial charge in [-0.05, 0) is 44.2 Å². The molecule has 0 aliphatic heterocycles. The average molecular weight is 427 g/mol. The molecule has 0 bridgehead atoms. The van der Waals surface area contributed by atoms with E-state index >= 15 is 0 Å². The molecule has 2 heterocycles. The highest BCUT2D eigenvalue weighted by molar-refractivity contribution is 6.02. The number of benzene rings is 2. The maximum Gasteiger partial charge on any atom is 0.418 e. The first-order valence-electron chi connectivity index (χ1n) is 9.17. The molecule has 7 nitrogen and oxygen atoms in total. The van der Waals surface area contributed by atoms with Gasteiger partial charge in [-0.1, -0.05) is 23.4 Å². The molecule has 4 rings (SSSR count). The minimum Gasteiger partial charge on any atom is -0.441 e. The Morgan fingerprint density at radius 1 is 1.10 bits per heavy atom. The van der Waals surface area contributed by atoms with Gasteiger partial charge >= 0.3 is 6.18 Å². The molecule has 0 saturated heterocycles. The van der Waals surface area contributed by atoms with Gasteiger partial charge in [-0.15, -0.1) is 5.10 Å². The van der Waals surface area contributed by atoms with Gasteiger partial charge in [-0.2, -0.15) is 13.2 Å². The minimum absolute atomic E-state index is 0.134. The first-order valence-corrected chi connectivity index (χ1v) is 9.17. The van der Waals surface area contributed by atoms with Gasteiger partial charge in [0.25, 0.3) is 5.91 Å². The van der Waals surface area contributed by atoms with Crippen LogP contribution in [0.5, 0.6) is 0 Å². The van der Waals surface area contributed by atoms with Crippen molar-refractivity contribution in [2.24, 2.45) is 0 Å². The number of hydrogen-bond donors (Lipinski definition) is 1. The lowest BCUT2D eigenvalue weighted by atomic mass is 10.1. The quantitative estimate of drug-likeness (QED) is 0.505. The Labute approximate surface area is 174 Å². The van der Waals surface area contributed by atoms with Gasteiger partial charge in [0, 0.05) is 11.3 Å². The van der Waals surface area contributed by atoms with Crippen LogP contribution in [0.2, 0.25) is 0 Å². The van der Waals surface area contributed by atoms with Gasteiger partial charge in [-0.3, -0.25) is 4.79 Å². The fourth-order valence-electron chi connectivity index (χ4n) is 2.92. The molecule has 2 aromatic heterocycles. The Morgan fingerprint density at radius 2 is 1.87 bits per heavy atom. The zero-order chi connectivity index (χ0) is 22.2. The van der Waals surface area contributed by atoms with Crippen molar-refractivity contribution in [1.29, 1.82) is 0 Å². The van der Waals surface area contributed by atoms with Gasteiger partial charge in [-0.25, -0.2) is 9.67 Å². The zero-order valence-corrected chi connectivity index (χ0v) is 16.4. The summed E-state index contributed by atoms with van der Waals surface area (Å²) in [6.45, 7) is 3.63. The topological polar surface area (TPSA) is 85.8 Å². The van der Waals surface area contributed by atoms with Crippen LogP contribution < -0.4 is 5.32 Å². The largest absolute Gasteiger partial charge is 0.441 e. The number of aromatic nitrogens is 4. The van der Waals surface area contributed by atoms with Crippen molar-refractivity contribution >= 4 is 11.6 Å². The molecule has 0 atom stereocenters. The normalized spacial score (nSPS) is 11.5. The Bertz CT molecular complexity index is 1240. The highest BCUT2D eigenvalue weighted by atomic mass is 19.4. The Hall–Kier alpha value is -3.95. The van der Waals surface area contributed by atoms with E-state index in [9.17, 15) is 18.0 Å². The second-order valence-corrected chi connectivity index (χ2v) is 6.76. The van der Waals surface area contributed by atoms with E-state index in [0.717, 1.165) is 22.6 Å². The number of anilines is 1. The maximum absolute atomic E-state index is 13.2. The molecule has 0 aliphatic carbocycles. The molecule has 4 aromatic rings. The van der Waals surface area contributed by atoms with E-state index in [1.165, 1.54) is 18.2 Å². The van der Waals surface area contributed by atoms with E-state index in [0.29, 0.717) is 22.9 Å². The molecule has 0 aliphatic rings. The first kappa shape index (κ1) is 20.3. The lowest BCUT2D eigenvalue weighted by molar-refractivity contribution is -0.137. The summed E-state index contributed by atoms with van der Waals surface area (Å²) in [5.41, 5.74) is 0.637. The predicted molar refractivity (Wildman–Crippen MR) is 106 cm³/mol. The van der Waals surface area contributed by atoms with E-state index in [4.69, 9.17) is 4.42 Å². The summed E-state index contributed by atoms with van der Waals surface area (Å²) in [5.74, 6) is 0.494. The fraction of sp³-hybridized carbons (Fsp3) is 0.143. The molecule has 1 amide bonds. The third kappa shape index (κ3) is 4.18. The number of carbonyl (C=O) groups excluding carboxylic acids is 1. The molecule has 0 saturated carbocycles. The Balaban J connectivity index is 1.57. The number of hydrogen-bond acceptors (Lipinski definition) is 5. The molecule has 2 aromatic carbocycles. The van der Waals surface area contributed by atoms with Crippen molar-refractivity contribution in [2.45, 2.75) is 20.0 Å². The standard InChI is InChI=1S/C21H16F3N5O2/c1-12-13(2)31-20(25-12)14-6-5-7-15(10-14)26-19(30)17-11-29(28-27-17)18-9-4-3-8-16(18)21(22,23)24/h3-11H,1-2H3,(H,26,30). The first-order chi connectivity index (χ1) is 14.7. The third-order valence-electron chi connectivity index (χ3n) is 4.58. The van der Waals surface area contributed by atoms with Gasteiger partial charge in [0.05, 0.1) is 23.1 Å². The number of nitrogens with zero attached hydrogens (tertiary/aromatic N) is 4. The smallest absolute Gasteiger partial charge is 0.418 e. The van der Waals surface area contributed by atoms with Crippen molar-refractivity contribution in [1.82, 2.24) is 20.0 Å². The molecular formula is C21H16F3N5O2. The van der Waals surface area contributed by atoms with Crippen LogP contribution in [0.4, 0.5) is 18.9 Å². The number of alkyl halides is 3. The zero-order valence-electron chi connectivity index (χ0n) is 16.4. The van der Waals surface area contributed by atoms with Crippen LogP contribution >= 0.6 is 0 Å². The van der Waals surface area contributed by atoms with Crippen LogP contribution in [0, 0.1) is 13.8 Å². The van der Waals surface area contributed by atoms with Gasteiger partial charge in [0.1, 0.15) is 5.76 Å². The molecule has 0 unspecified atom stereocenters. The lowest BCUT2D eigenvalue weighted by Crippen LogP contribution is -2.12. The predicted octanol–water partition coefficient (Wildman–Crippen LogP) is 4.81. The van der Waals surface area contributed by atoms with Gasteiger partial charge in [0.2, 0.25) is 5.89 Å². The monoisotopic (exact) mass is 427 g/mol. The molecule has 10 heteroatoms. The van der Waals surface area contributed by atoms with Crippen molar-refractivity contribution in [3.63, 3.8) is 0 Å². The summed E-state index contributed by atoms with van der Waals surface area (Å²) in [4.78, 5) is 16.9. The fourth-order valence-corrected chi connectivity index (χ4v) is 2.92. The van der Waals surface area contributed by atoms with Gasteiger partial charge < -0.3 is 9.73 Å². The summed E-state index contributed by atoms with van der Waals surface area (Å²) in [6.07, 6.45) is -3.42. The highest BCUT2D eigenvalue weighted by Crippen LogP contribution is 2.33. The molecule has 1 N–H and O–H groups in total. The lowest BCUT2D eigenvalue weighted by Gasteiger charge is -2.11. The highest BCUT2D eigenvalue weighted by Gasteiger charge is 2.34. The Kier molecular flexibility index (Phi) is 5.05. The van der Waals surface area contributed by atoms with Crippen molar-refractivity contribution in [2.75, 3.05) is 5.32 Å². The second-order valence-electron chi connectivity index (χ2n) is 6.76. The van der Waals surface area contributed by atoms with Gasteiger partial charge in [0.15, 0.2) is 5.69 Å². The molecule has 31 heavy (non-hydrogen) atoms. The van der Waals surface area contributed by atoms with Crippen LogP contribution in [0.1, 0.15) is 27.5 Å². The molecule has 0 fully saturated rings. The SMILES string of the molecule is Cc1nc(-c2cccc(NC(=O)c3cn(-c4ccccc4C(F)(F)F)nn3)c2)oc1C. The number of aryl methyl sites for hydroxylation is 2. The Morgan fingerprint density at radius 3 is 2.58 bits per heavy atom. The number of nitrogens with one attached hydrogen (secondary N) is 1. The van der Waals surface area contributed by atoms with Crippen LogP contribution in [0.15, 0.2) is 59.1 Å². The molecule has 158 valence electrons. The average Bonchev–Trinajstić information content (AvgIpc) is 3.35. The number of carbonyl (C=O) groups is 1. The number of halogens is 3. The van der Waals surface area contributed by atoms with Crippen molar-refractivity contribution < 1.29 is 22.4 Å². The number of amides is 1. The molecule has 0 radical (unpaired) electrons. The van der Waals surface area contributed by atoms with E-state index in [1.54, 1.807) is 31.2 Å². The second kappa shape index (κ2) is 7.71. The molecule has 0 spiro atoms. The van der Waals surface area contributed by atoms with Crippen molar-refractivity contribution in [3.05, 3.63) is 77.4 Å². The number of para-hydroxylation sites is 1. The van der Waals surface area contributed by atoms with E-state index < -0.39 is 17.6 Å². The summed E-state index contributed by atoms with van der Waals surface area (Å²) in [5, 5.41) is 10.0. The van der Waals surface area contributed by atoms with Crippen LogP contribution in [-0.2, 0) is 6.18 Å². The van der Waals surface area contributed by atoms with Crippen molar-refractivity contribution in [3.8, 4) is 17.1 Å². The van der Waals surface area contributed by atoms with Crippen LogP contribution in [0.25, 0.3) is 17.1 Å². The van der Waals surface area contributed by atoms with E-state index in [1.807, 2.05) is 6.92 Å². The van der Waals surface area contributed by atoms with Crippen LogP contribution in [-0.4, -0.2) is 25.9 Å². The number of oxazole rings is 1. The third-order valence-corrected chi connectivity index (χ3v) is 4.58. The van der Waals surface area contributed by atoms with Crippen LogP contribution in [0.3, 0.4) is 0 Å². The summed E-state index contributed by atoms with van der Waals surface area (Å²) in [6, 6.07) is 11.8. The molecular weight excluding hydrogens is 411 g/mol. The maximum atomic E-state index is 13.2. The summed E-state index contributed by atoms with van der Waals surface area (Å²) < 4.78 is 46.2. The minimum atomic E-state index is -4.57. The number of rotatable bonds is 4. The summed E-state index contributed by atoms with van der Waals surface area (Å²) >= 11 is 0.